The minimum atomic E-state index is -0.535. The van der Waals surface area contributed by atoms with E-state index >= 15 is 0 Å². The molecule has 0 radical (unpaired) electrons. The smallest absolute Gasteiger partial charge is 0.341 e. The Kier molecular flexibility index (Phi) is 12.5. The summed E-state index contributed by atoms with van der Waals surface area (Å²) in [6.45, 7) is 1.93. The number of benzene rings is 4. The molecule has 1 aromatic heterocycles. The van der Waals surface area contributed by atoms with Gasteiger partial charge in [-0.25, -0.2) is 4.79 Å². The number of ether oxygens (including phenoxy) is 1. The number of methoxy groups -OCH3 is 1. The van der Waals surface area contributed by atoms with E-state index in [2.05, 4.69) is 28.1 Å². The van der Waals surface area contributed by atoms with Gasteiger partial charge in [0.05, 0.1) is 17.9 Å². The molecule has 2 atom stereocenters. The van der Waals surface area contributed by atoms with Gasteiger partial charge in [-0.2, -0.15) is 0 Å². The second kappa shape index (κ2) is 17.6. The van der Waals surface area contributed by atoms with Crippen molar-refractivity contribution < 1.29 is 23.9 Å². The molecule has 4 aromatic carbocycles. The Morgan fingerprint density at radius 2 is 1.66 bits per heavy atom. The molecule has 6 rings (SSSR count). The zero-order chi connectivity index (χ0) is 37.3. The number of anilines is 2. The van der Waals surface area contributed by atoms with Gasteiger partial charge >= 0.3 is 5.97 Å². The van der Waals surface area contributed by atoms with Crippen molar-refractivity contribution in [3.8, 4) is 0 Å². The van der Waals surface area contributed by atoms with E-state index in [1.54, 1.807) is 78.9 Å². The molecule has 11 heteroatoms. The predicted molar refractivity (Wildman–Crippen MR) is 214 cm³/mol. The van der Waals surface area contributed by atoms with Gasteiger partial charge in [-0.3, -0.25) is 14.4 Å². The normalized spacial score (nSPS) is 14.4. The molecule has 0 bridgehead atoms. The van der Waals surface area contributed by atoms with Gasteiger partial charge in [0.15, 0.2) is 0 Å². The molecule has 8 nitrogen and oxygen atoms in total. The lowest BCUT2D eigenvalue weighted by Gasteiger charge is -2.22. The second-order valence-electron chi connectivity index (χ2n) is 12.5. The number of thiophene rings is 1. The van der Waals surface area contributed by atoms with Gasteiger partial charge in [-0.15, -0.1) is 23.1 Å². The third-order valence-electron chi connectivity index (χ3n) is 8.88. The molecule has 3 amide bonds. The molecule has 0 fully saturated rings. The van der Waals surface area contributed by atoms with Crippen LogP contribution in [0.5, 0.6) is 0 Å². The first-order chi connectivity index (χ1) is 25.7. The van der Waals surface area contributed by atoms with Crippen LogP contribution in [0.2, 0.25) is 5.02 Å². The lowest BCUT2D eigenvalue weighted by atomic mass is 9.83. The molecule has 0 aliphatic heterocycles. The van der Waals surface area contributed by atoms with Gasteiger partial charge in [0.25, 0.3) is 11.8 Å². The maximum atomic E-state index is 13.8. The fraction of sp³-hybridized carbons (Fsp3) is 0.190. The SMILES string of the molecule is CCC(Sc1cccc(NC(=O)/C(=C/c2cccc(Cl)c2)NC(=O)c2ccccc2)c1)C(=O)Nc1sc2c(c1C(=O)OC)CCC(c1ccccc1)C2. The average Bonchev–Trinajstić information content (AvgIpc) is 3.54. The van der Waals surface area contributed by atoms with E-state index < -0.39 is 23.0 Å². The summed E-state index contributed by atoms with van der Waals surface area (Å²) in [6, 6.07) is 33.1. The third kappa shape index (κ3) is 9.45. The molecule has 53 heavy (non-hydrogen) atoms. The topological polar surface area (TPSA) is 114 Å². The summed E-state index contributed by atoms with van der Waals surface area (Å²) in [5.74, 6) is -1.32. The summed E-state index contributed by atoms with van der Waals surface area (Å²) in [5.41, 5.74) is 4.21. The summed E-state index contributed by atoms with van der Waals surface area (Å²) in [7, 11) is 1.36. The Morgan fingerprint density at radius 1 is 0.925 bits per heavy atom. The van der Waals surface area contributed by atoms with E-state index in [9.17, 15) is 19.2 Å². The van der Waals surface area contributed by atoms with Crippen molar-refractivity contribution >= 4 is 75.2 Å². The minimum absolute atomic E-state index is 0.0279. The summed E-state index contributed by atoms with van der Waals surface area (Å²) in [4.78, 5) is 55.3. The molecule has 1 aliphatic rings. The van der Waals surface area contributed by atoms with Crippen molar-refractivity contribution in [2.24, 2.45) is 0 Å². The number of nitrogens with one attached hydrogen (secondary N) is 3. The fourth-order valence-electron chi connectivity index (χ4n) is 6.23. The molecule has 3 N–H and O–H groups in total. The Hall–Kier alpha value is -5.16. The monoisotopic (exact) mass is 763 g/mol. The molecular formula is C42H38ClN3O5S2. The number of thioether (sulfide) groups is 1. The number of carbonyl (C=O) groups excluding carboxylic acids is 4. The van der Waals surface area contributed by atoms with E-state index in [0.29, 0.717) is 44.7 Å². The van der Waals surface area contributed by atoms with Crippen molar-refractivity contribution in [2.75, 3.05) is 17.7 Å². The van der Waals surface area contributed by atoms with Crippen molar-refractivity contribution in [3.05, 3.63) is 153 Å². The van der Waals surface area contributed by atoms with Crippen LogP contribution in [0.15, 0.2) is 120 Å². The van der Waals surface area contributed by atoms with Crippen molar-refractivity contribution in [2.45, 2.75) is 48.7 Å². The maximum absolute atomic E-state index is 13.8. The Labute approximate surface area is 322 Å². The number of hydrogen-bond acceptors (Lipinski definition) is 7. The average molecular weight is 764 g/mol. The van der Waals surface area contributed by atoms with Crippen molar-refractivity contribution in [3.63, 3.8) is 0 Å². The van der Waals surface area contributed by atoms with Crippen LogP contribution >= 0.6 is 34.7 Å². The summed E-state index contributed by atoms with van der Waals surface area (Å²) in [6.07, 6.45) is 4.50. The molecular weight excluding hydrogens is 726 g/mol. The third-order valence-corrected chi connectivity index (χ3v) is 11.6. The number of rotatable bonds is 12. The predicted octanol–water partition coefficient (Wildman–Crippen LogP) is 9.38. The summed E-state index contributed by atoms with van der Waals surface area (Å²) >= 11 is 8.99. The van der Waals surface area contributed by atoms with Crippen LogP contribution in [0.25, 0.3) is 6.08 Å². The van der Waals surface area contributed by atoms with Crippen molar-refractivity contribution in [1.82, 2.24) is 5.32 Å². The quantitative estimate of drug-likeness (QED) is 0.0663. The molecule has 0 spiro atoms. The van der Waals surface area contributed by atoms with E-state index in [0.717, 1.165) is 34.6 Å². The lowest BCUT2D eigenvalue weighted by molar-refractivity contribution is -0.116. The molecule has 2 unspecified atom stereocenters. The van der Waals surface area contributed by atoms with Crippen LogP contribution in [-0.2, 0) is 27.2 Å². The molecule has 270 valence electrons. The van der Waals surface area contributed by atoms with Crippen LogP contribution in [0.1, 0.15) is 68.0 Å². The van der Waals surface area contributed by atoms with Crippen LogP contribution in [0.4, 0.5) is 10.7 Å². The fourth-order valence-corrected chi connectivity index (χ4v) is 8.76. The number of hydrogen-bond donors (Lipinski definition) is 3. The molecule has 0 saturated carbocycles. The number of carbonyl (C=O) groups is 4. The highest BCUT2D eigenvalue weighted by Gasteiger charge is 2.31. The minimum Gasteiger partial charge on any atom is -0.465 e. The van der Waals surface area contributed by atoms with Crippen LogP contribution in [0, 0.1) is 0 Å². The first-order valence-electron chi connectivity index (χ1n) is 17.2. The van der Waals surface area contributed by atoms with Gasteiger partial charge in [0.2, 0.25) is 5.91 Å². The summed E-state index contributed by atoms with van der Waals surface area (Å²) < 4.78 is 5.16. The number of halogens is 1. The highest BCUT2D eigenvalue weighted by atomic mass is 35.5. The standard InChI is InChI=1S/C42H38ClN3O5S2/c1-3-35(40(49)46-41-37(42(50)51-2)33-21-20-29(24-36(33)53-41)27-13-6-4-7-14-27)52-32-19-11-18-31(25-32)44-39(48)34(23-26-12-10-17-30(43)22-26)45-38(47)28-15-8-5-9-16-28/h4-19,22-23,25,29,35H,3,20-21,24H2,1-2H3,(H,44,48)(H,45,47)(H,46,49)/b34-23-. The first-order valence-corrected chi connectivity index (χ1v) is 19.3. The van der Waals surface area contributed by atoms with Gasteiger partial charge in [0, 0.05) is 26.0 Å². The molecule has 0 saturated heterocycles. The number of esters is 1. The molecule has 1 aliphatic carbocycles. The van der Waals surface area contributed by atoms with Crippen LogP contribution in [-0.4, -0.2) is 36.1 Å². The number of fused-ring (bicyclic) bond motifs is 1. The van der Waals surface area contributed by atoms with E-state index in [1.807, 2.05) is 31.2 Å². The van der Waals surface area contributed by atoms with E-state index in [1.165, 1.54) is 35.8 Å². The Balaban J connectivity index is 1.17. The summed E-state index contributed by atoms with van der Waals surface area (Å²) in [5, 5.41) is 9.19. The molecule has 1 heterocycles. The lowest BCUT2D eigenvalue weighted by Crippen LogP contribution is -2.30. The zero-order valence-electron chi connectivity index (χ0n) is 29.2. The number of amides is 3. The van der Waals surface area contributed by atoms with Crippen LogP contribution in [0.3, 0.4) is 0 Å². The zero-order valence-corrected chi connectivity index (χ0v) is 31.6. The van der Waals surface area contributed by atoms with E-state index in [-0.39, 0.29) is 11.6 Å². The van der Waals surface area contributed by atoms with Gasteiger partial charge in [-0.1, -0.05) is 85.3 Å². The molecule has 5 aromatic rings. The first kappa shape index (κ1) is 37.6. The van der Waals surface area contributed by atoms with Crippen LogP contribution < -0.4 is 16.0 Å². The highest BCUT2D eigenvalue weighted by molar-refractivity contribution is 8.00. The van der Waals surface area contributed by atoms with Gasteiger partial charge in [0.1, 0.15) is 10.7 Å². The van der Waals surface area contributed by atoms with Gasteiger partial charge in [-0.05, 0) is 96.8 Å². The van der Waals surface area contributed by atoms with Gasteiger partial charge < -0.3 is 20.7 Å². The maximum Gasteiger partial charge on any atom is 0.341 e. The second-order valence-corrected chi connectivity index (χ2v) is 15.3. The van der Waals surface area contributed by atoms with Crippen molar-refractivity contribution in [1.29, 1.82) is 0 Å². The Morgan fingerprint density at radius 3 is 2.38 bits per heavy atom. The van der Waals surface area contributed by atoms with E-state index in [4.69, 9.17) is 16.3 Å². The highest BCUT2D eigenvalue weighted by Crippen LogP contribution is 2.43. The Bertz CT molecular complexity index is 2150. The largest absolute Gasteiger partial charge is 0.465 e.